The minimum absolute atomic E-state index is 0.238. The van der Waals surface area contributed by atoms with Crippen molar-refractivity contribution in [3.8, 4) is 0 Å². The van der Waals surface area contributed by atoms with Crippen molar-refractivity contribution in [2.24, 2.45) is 5.92 Å². The summed E-state index contributed by atoms with van der Waals surface area (Å²) >= 11 is 9.97. The second-order valence-electron chi connectivity index (χ2n) is 6.36. The van der Waals surface area contributed by atoms with Gasteiger partial charge in [-0.2, -0.15) is 0 Å². The van der Waals surface area contributed by atoms with E-state index < -0.39 is 0 Å². The summed E-state index contributed by atoms with van der Waals surface area (Å²) < 4.78 is 1.04. The van der Waals surface area contributed by atoms with Crippen molar-refractivity contribution in [2.75, 3.05) is 18.0 Å². The molecule has 4 heteroatoms. The third-order valence-electron chi connectivity index (χ3n) is 4.85. The predicted octanol–water partition coefficient (Wildman–Crippen LogP) is 4.46. The highest BCUT2D eigenvalue weighted by molar-refractivity contribution is 9.10. The Hall–Kier alpha value is -0.250. The first-order valence-corrected chi connectivity index (χ1v) is 8.67. The number of hydrogen-bond donors (Lipinski definition) is 1. The molecule has 1 aromatic rings. The van der Waals surface area contributed by atoms with Crippen LogP contribution in [0.5, 0.6) is 0 Å². The molecule has 2 aliphatic rings. The van der Waals surface area contributed by atoms with Crippen LogP contribution in [-0.2, 0) is 0 Å². The van der Waals surface area contributed by atoms with Crippen molar-refractivity contribution in [1.82, 2.24) is 5.32 Å². The molecule has 0 aromatic heterocycles. The van der Waals surface area contributed by atoms with Gasteiger partial charge in [0.2, 0.25) is 0 Å². The summed E-state index contributed by atoms with van der Waals surface area (Å²) in [4.78, 5) is 2.52. The standard InChI is InChI=1S/C16H22BrClN2/c1-3-13-9-19-16(2,11-4-5-11)10-20(13)15-7-6-12(17)8-14(15)18/h6-8,11,13,19H,3-5,9-10H2,1-2H3. The Kier molecular flexibility index (Phi) is 4.04. The number of rotatable bonds is 3. The second kappa shape index (κ2) is 5.51. The zero-order valence-electron chi connectivity index (χ0n) is 12.1. The van der Waals surface area contributed by atoms with Crippen molar-refractivity contribution in [2.45, 2.75) is 44.7 Å². The molecule has 2 nitrogen and oxygen atoms in total. The quantitative estimate of drug-likeness (QED) is 0.859. The molecule has 1 saturated carbocycles. The lowest BCUT2D eigenvalue weighted by Crippen LogP contribution is -2.64. The Labute approximate surface area is 135 Å². The summed E-state index contributed by atoms with van der Waals surface area (Å²) in [5.41, 5.74) is 1.41. The molecular weight excluding hydrogens is 336 g/mol. The highest BCUT2D eigenvalue weighted by Crippen LogP contribution is 2.43. The summed E-state index contributed by atoms with van der Waals surface area (Å²) in [5, 5.41) is 4.64. The smallest absolute Gasteiger partial charge is 0.0650 e. The lowest BCUT2D eigenvalue weighted by atomic mass is 9.90. The van der Waals surface area contributed by atoms with Gasteiger partial charge in [-0.15, -0.1) is 0 Å². The Morgan fingerprint density at radius 3 is 2.80 bits per heavy atom. The minimum atomic E-state index is 0.238. The van der Waals surface area contributed by atoms with E-state index in [1.807, 2.05) is 6.07 Å². The molecule has 0 spiro atoms. The maximum atomic E-state index is 6.48. The summed E-state index contributed by atoms with van der Waals surface area (Å²) in [7, 11) is 0. The van der Waals surface area contributed by atoms with Crippen LogP contribution in [0.25, 0.3) is 0 Å². The fourth-order valence-electron chi connectivity index (χ4n) is 3.35. The van der Waals surface area contributed by atoms with Gasteiger partial charge in [-0.3, -0.25) is 0 Å². The van der Waals surface area contributed by atoms with Gasteiger partial charge in [0.25, 0.3) is 0 Å². The van der Waals surface area contributed by atoms with Crippen molar-refractivity contribution in [1.29, 1.82) is 0 Å². The first kappa shape index (κ1) is 14.7. The van der Waals surface area contributed by atoms with Gasteiger partial charge in [-0.1, -0.05) is 34.5 Å². The number of halogens is 2. The lowest BCUT2D eigenvalue weighted by molar-refractivity contribution is 0.252. The molecular formula is C16H22BrClN2. The maximum Gasteiger partial charge on any atom is 0.0650 e. The van der Waals surface area contributed by atoms with E-state index in [9.17, 15) is 0 Å². The third kappa shape index (κ3) is 2.72. The van der Waals surface area contributed by atoms with Crippen LogP contribution in [0, 0.1) is 5.92 Å². The predicted molar refractivity (Wildman–Crippen MR) is 89.7 cm³/mol. The Morgan fingerprint density at radius 2 is 2.20 bits per heavy atom. The van der Waals surface area contributed by atoms with Gasteiger partial charge in [0.15, 0.2) is 0 Å². The molecule has 0 radical (unpaired) electrons. The van der Waals surface area contributed by atoms with Gasteiger partial charge in [0.05, 0.1) is 10.7 Å². The van der Waals surface area contributed by atoms with Crippen LogP contribution in [-0.4, -0.2) is 24.7 Å². The van der Waals surface area contributed by atoms with E-state index in [4.69, 9.17) is 11.6 Å². The Balaban J connectivity index is 1.90. The molecule has 2 atom stereocenters. The molecule has 110 valence electrons. The van der Waals surface area contributed by atoms with Crippen LogP contribution < -0.4 is 10.2 Å². The van der Waals surface area contributed by atoms with Crippen molar-refractivity contribution in [3.05, 3.63) is 27.7 Å². The average Bonchev–Trinajstić information content (AvgIpc) is 3.23. The molecule has 20 heavy (non-hydrogen) atoms. The summed E-state index contributed by atoms with van der Waals surface area (Å²) in [6.45, 7) is 6.73. The van der Waals surface area contributed by atoms with Crippen LogP contribution in [0.2, 0.25) is 5.02 Å². The summed E-state index contributed by atoms with van der Waals surface area (Å²) in [6, 6.07) is 6.76. The number of nitrogens with zero attached hydrogens (tertiary/aromatic N) is 1. The van der Waals surface area contributed by atoms with E-state index in [1.54, 1.807) is 0 Å². The molecule has 1 heterocycles. The highest BCUT2D eigenvalue weighted by Gasteiger charge is 2.46. The van der Waals surface area contributed by atoms with Crippen molar-refractivity contribution in [3.63, 3.8) is 0 Å². The first-order valence-electron chi connectivity index (χ1n) is 7.50. The van der Waals surface area contributed by atoms with E-state index in [-0.39, 0.29) is 5.54 Å². The zero-order valence-corrected chi connectivity index (χ0v) is 14.5. The molecule has 1 aliphatic heterocycles. The van der Waals surface area contributed by atoms with Crippen molar-refractivity contribution < 1.29 is 0 Å². The number of piperazine rings is 1. The molecule has 1 saturated heterocycles. The number of benzene rings is 1. The molecule has 1 N–H and O–H groups in total. The summed E-state index contributed by atoms with van der Waals surface area (Å²) in [6.07, 6.45) is 3.87. The van der Waals surface area contributed by atoms with Gasteiger partial charge >= 0.3 is 0 Å². The van der Waals surface area contributed by atoms with Crippen LogP contribution >= 0.6 is 27.5 Å². The maximum absolute atomic E-state index is 6.48. The SMILES string of the molecule is CCC1CNC(C)(C2CC2)CN1c1ccc(Br)cc1Cl. The molecule has 2 fully saturated rings. The molecule has 3 rings (SSSR count). The molecule has 1 aromatic carbocycles. The normalized spacial score (nSPS) is 30.6. The molecule has 0 amide bonds. The minimum Gasteiger partial charge on any atom is -0.364 e. The van der Waals surface area contributed by atoms with Crippen molar-refractivity contribution >= 4 is 33.2 Å². The van der Waals surface area contributed by atoms with Crippen LogP contribution in [0.1, 0.15) is 33.1 Å². The van der Waals surface area contributed by atoms with Gasteiger partial charge in [-0.25, -0.2) is 0 Å². The van der Waals surface area contributed by atoms with E-state index in [1.165, 1.54) is 18.5 Å². The highest BCUT2D eigenvalue weighted by atomic mass is 79.9. The van der Waals surface area contributed by atoms with Crippen LogP contribution in [0.4, 0.5) is 5.69 Å². The number of nitrogens with one attached hydrogen (secondary N) is 1. The Bertz CT molecular complexity index is 503. The number of hydrogen-bond acceptors (Lipinski definition) is 2. The van der Waals surface area contributed by atoms with Crippen LogP contribution in [0.15, 0.2) is 22.7 Å². The van der Waals surface area contributed by atoms with Gasteiger partial charge in [0.1, 0.15) is 0 Å². The van der Waals surface area contributed by atoms with Gasteiger partial charge < -0.3 is 10.2 Å². The van der Waals surface area contributed by atoms with E-state index in [0.717, 1.165) is 34.9 Å². The van der Waals surface area contributed by atoms with E-state index in [2.05, 4.69) is 52.1 Å². The van der Waals surface area contributed by atoms with E-state index >= 15 is 0 Å². The molecule has 2 unspecified atom stereocenters. The zero-order chi connectivity index (χ0) is 14.3. The first-order chi connectivity index (χ1) is 9.53. The lowest BCUT2D eigenvalue weighted by Gasteiger charge is -2.48. The second-order valence-corrected chi connectivity index (χ2v) is 7.68. The average molecular weight is 358 g/mol. The van der Waals surface area contributed by atoms with Crippen LogP contribution in [0.3, 0.4) is 0 Å². The molecule has 1 aliphatic carbocycles. The summed E-state index contributed by atoms with van der Waals surface area (Å²) in [5.74, 6) is 0.831. The van der Waals surface area contributed by atoms with Gasteiger partial charge in [0, 0.05) is 29.1 Å². The third-order valence-corrected chi connectivity index (χ3v) is 5.65. The topological polar surface area (TPSA) is 15.3 Å². The fourth-order valence-corrected chi connectivity index (χ4v) is 4.14. The molecule has 0 bridgehead atoms. The fraction of sp³-hybridized carbons (Fsp3) is 0.625. The number of anilines is 1. The van der Waals surface area contributed by atoms with Gasteiger partial charge in [-0.05, 0) is 50.3 Å². The largest absolute Gasteiger partial charge is 0.364 e. The Morgan fingerprint density at radius 1 is 1.45 bits per heavy atom. The van der Waals surface area contributed by atoms with E-state index in [0.29, 0.717) is 6.04 Å². The monoisotopic (exact) mass is 356 g/mol.